The fourth-order valence-electron chi connectivity index (χ4n) is 1.48. The van der Waals surface area contributed by atoms with Crippen molar-refractivity contribution >= 4 is 11.9 Å². The topological polar surface area (TPSA) is 110 Å². The molecule has 0 saturated heterocycles. The number of aromatic carboxylic acids is 1. The van der Waals surface area contributed by atoms with E-state index >= 15 is 0 Å². The summed E-state index contributed by atoms with van der Waals surface area (Å²) in [5.74, 6) is -3.11. The molecule has 0 aliphatic heterocycles. The molecule has 1 rings (SSSR count). The molecule has 0 spiro atoms. The molecule has 4 N–H and O–H groups in total. The van der Waals surface area contributed by atoms with E-state index in [0.29, 0.717) is 0 Å². The smallest absolute Gasteiger partial charge is 0.422 e. The van der Waals surface area contributed by atoms with E-state index in [1.54, 1.807) is 0 Å². The molecule has 0 fully saturated rings. The van der Waals surface area contributed by atoms with Crippen molar-refractivity contribution in [3.05, 3.63) is 29.3 Å². The van der Waals surface area contributed by atoms with Gasteiger partial charge in [0.1, 0.15) is 17.4 Å². The van der Waals surface area contributed by atoms with Crippen LogP contribution in [-0.4, -0.2) is 41.0 Å². The molecule has 0 aliphatic rings. The summed E-state index contributed by atoms with van der Waals surface area (Å²) in [6.07, 6.45) is -4.87. The predicted molar refractivity (Wildman–Crippen MR) is 63.8 cm³/mol. The van der Waals surface area contributed by atoms with Gasteiger partial charge in [0.15, 0.2) is 6.61 Å². The van der Waals surface area contributed by atoms with Crippen molar-refractivity contribution in [2.75, 3.05) is 6.61 Å². The lowest BCUT2D eigenvalue weighted by Gasteiger charge is -2.13. The Morgan fingerprint density at radius 3 is 2.48 bits per heavy atom. The van der Waals surface area contributed by atoms with Crippen LogP contribution in [-0.2, 0) is 16.0 Å². The van der Waals surface area contributed by atoms with Crippen LogP contribution < -0.4 is 5.73 Å². The normalized spacial score (nSPS) is 12.8. The van der Waals surface area contributed by atoms with E-state index in [2.05, 4.69) is 4.74 Å². The van der Waals surface area contributed by atoms with E-state index in [1.165, 1.54) is 6.07 Å². The average molecular weight is 307 g/mol. The van der Waals surface area contributed by atoms with Crippen LogP contribution in [0.2, 0.25) is 0 Å². The minimum Gasteiger partial charge on any atom is -0.507 e. The van der Waals surface area contributed by atoms with Crippen LogP contribution in [0.25, 0.3) is 0 Å². The zero-order valence-electron chi connectivity index (χ0n) is 10.6. The summed E-state index contributed by atoms with van der Waals surface area (Å²) in [6, 6.07) is 2.10. The number of rotatable bonds is 5. The molecule has 1 aromatic rings. The minimum absolute atomic E-state index is 0.225. The van der Waals surface area contributed by atoms with Crippen molar-refractivity contribution in [2.24, 2.45) is 5.73 Å². The number of alkyl halides is 3. The first-order chi connectivity index (χ1) is 9.60. The number of nitrogens with two attached hydrogens (primary N) is 1. The molecule has 1 atom stereocenters. The minimum atomic E-state index is -4.65. The molecule has 1 aromatic carbocycles. The lowest BCUT2D eigenvalue weighted by molar-refractivity contribution is -0.187. The number of aromatic hydroxyl groups is 1. The second-order valence-corrected chi connectivity index (χ2v) is 4.19. The third kappa shape index (κ3) is 5.30. The SMILES string of the molecule is N[C@@H](Cc1ccc(O)c(C(=O)O)c1)C(=O)OCC(F)(F)F. The lowest BCUT2D eigenvalue weighted by atomic mass is 10.0. The summed E-state index contributed by atoms with van der Waals surface area (Å²) in [6.45, 7) is -1.74. The Morgan fingerprint density at radius 2 is 1.95 bits per heavy atom. The van der Waals surface area contributed by atoms with Crippen molar-refractivity contribution in [3.63, 3.8) is 0 Å². The van der Waals surface area contributed by atoms with E-state index < -0.39 is 42.1 Å². The van der Waals surface area contributed by atoms with Crippen molar-refractivity contribution in [3.8, 4) is 5.75 Å². The molecule has 0 heterocycles. The first-order valence-corrected chi connectivity index (χ1v) is 5.64. The Kier molecular flexibility index (Phi) is 5.14. The van der Waals surface area contributed by atoms with Crippen LogP contribution in [0, 0.1) is 0 Å². The fraction of sp³-hybridized carbons (Fsp3) is 0.333. The van der Waals surface area contributed by atoms with Gasteiger partial charge in [-0.05, 0) is 24.1 Å². The van der Waals surface area contributed by atoms with Crippen molar-refractivity contribution in [2.45, 2.75) is 18.6 Å². The molecular formula is C12H12F3NO5. The molecule has 0 radical (unpaired) electrons. The van der Waals surface area contributed by atoms with Gasteiger partial charge >= 0.3 is 18.1 Å². The van der Waals surface area contributed by atoms with E-state index in [9.17, 15) is 27.9 Å². The molecule has 0 saturated carbocycles. The number of esters is 1. The Morgan fingerprint density at radius 1 is 1.33 bits per heavy atom. The maximum atomic E-state index is 11.9. The van der Waals surface area contributed by atoms with Crippen LogP contribution >= 0.6 is 0 Å². The number of carboxylic acid groups (broad SMARTS) is 1. The van der Waals surface area contributed by atoms with E-state index in [0.717, 1.165) is 12.1 Å². The van der Waals surface area contributed by atoms with Crippen LogP contribution in [0.1, 0.15) is 15.9 Å². The zero-order chi connectivity index (χ0) is 16.2. The summed E-state index contributed by atoms with van der Waals surface area (Å²) < 4.78 is 39.6. The number of ether oxygens (including phenoxy) is 1. The maximum absolute atomic E-state index is 11.9. The number of hydrogen-bond donors (Lipinski definition) is 3. The fourth-order valence-corrected chi connectivity index (χ4v) is 1.48. The van der Waals surface area contributed by atoms with Gasteiger partial charge in [0.05, 0.1) is 0 Å². The summed E-state index contributed by atoms with van der Waals surface area (Å²) in [5.41, 5.74) is 5.26. The molecule has 0 unspecified atom stereocenters. The van der Waals surface area contributed by atoms with E-state index in [-0.39, 0.29) is 12.0 Å². The molecular weight excluding hydrogens is 295 g/mol. The zero-order valence-corrected chi connectivity index (χ0v) is 10.6. The number of carbonyl (C=O) groups excluding carboxylic acids is 1. The second kappa shape index (κ2) is 6.44. The van der Waals surface area contributed by atoms with E-state index in [1.807, 2.05) is 0 Å². The van der Waals surface area contributed by atoms with Gasteiger partial charge in [-0.25, -0.2) is 4.79 Å². The quantitative estimate of drug-likeness (QED) is 0.702. The summed E-state index contributed by atoms with van der Waals surface area (Å²) >= 11 is 0. The van der Waals surface area contributed by atoms with Gasteiger partial charge in [0, 0.05) is 0 Å². The molecule has 0 bridgehead atoms. The Labute approximate surface area is 116 Å². The predicted octanol–water partition coefficient (Wildman–Crippen LogP) is 1.07. The van der Waals surface area contributed by atoms with Gasteiger partial charge in [-0.1, -0.05) is 6.07 Å². The monoisotopic (exact) mass is 307 g/mol. The first kappa shape index (κ1) is 16.8. The highest BCUT2D eigenvalue weighted by atomic mass is 19.4. The van der Waals surface area contributed by atoms with Gasteiger partial charge in [-0.15, -0.1) is 0 Å². The molecule has 21 heavy (non-hydrogen) atoms. The number of phenols is 1. The molecule has 116 valence electrons. The largest absolute Gasteiger partial charge is 0.507 e. The summed E-state index contributed by atoms with van der Waals surface area (Å²) in [7, 11) is 0. The highest BCUT2D eigenvalue weighted by Gasteiger charge is 2.30. The second-order valence-electron chi connectivity index (χ2n) is 4.19. The van der Waals surface area contributed by atoms with Crippen LogP contribution in [0.5, 0.6) is 5.75 Å². The maximum Gasteiger partial charge on any atom is 0.422 e. The number of carboxylic acids is 1. The highest BCUT2D eigenvalue weighted by Crippen LogP contribution is 2.19. The molecule has 9 heteroatoms. The highest BCUT2D eigenvalue weighted by molar-refractivity contribution is 5.91. The third-order valence-corrected chi connectivity index (χ3v) is 2.43. The van der Waals surface area contributed by atoms with Gasteiger partial charge in [-0.3, -0.25) is 4.79 Å². The molecule has 0 aliphatic carbocycles. The Bertz CT molecular complexity index is 544. The van der Waals surface area contributed by atoms with Gasteiger partial charge < -0.3 is 20.7 Å². The molecule has 6 nitrogen and oxygen atoms in total. The van der Waals surface area contributed by atoms with Crippen LogP contribution in [0.15, 0.2) is 18.2 Å². The van der Waals surface area contributed by atoms with E-state index in [4.69, 9.17) is 10.8 Å². The standard InChI is InChI=1S/C12H12F3NO5/c13-12(14,15)5-21-11(20)8(16)4-6-1-2-9(17)7(3-6)10(18)19/h1-3,8,17H,4-5,16H2,(H,18,19)/t8-/m0/s1. The van der Waals surface area contributed by atoms with Crippen molar-refractivity contribution in [1.29, 1.82) is 0 Å². The number of halogens is 3. The number of benzene rings is 1. The first-order valence-electron chi connectivity index (χ1n) is 5.64. The Hall–Kier alpha value is -2.29. The molecule has 0 aromatic heterocycles. The van der Waals surface area contributed by atoms with Gasteiger partial charge in [0.2, 0.25) is 0 Å². The van der Waals surface area contributed by atoms with Crippen molar-refractivity contribution in [1.82, 2.24) is 0 Å². The number of hydrogen-bond acceptors (Lipinski definition) is 5. The van der Waals surface area contributed by atoms with Crippen molar-refractivity contribution < 1.29 is 37.7 Å². The summed E-state index contributed by atoms with van der Waals surface area (Å²) in [5, 5.41) is 18.1. The Balaban J connectivity index is 2.70. The average Bonchev–Trinajstić information content (AvgIpc) is 2.36. The summed E-state index contributed by atoms with van der Waals surface area (Å²) in [4.78, 5) is 22.1. The van der Waals surface area contributed by atoms with Gasteiger partial charge in [0.25, 0.3) is 0 Å². The third-order valence-electron chi connectivity index (χ3n) is 2.43. The number of carbonyl (C=O) groups is 2. The van der Waals surface area contributed by atoms with Gasteiger partial charge in [-0.2, -0.15) is 13.2 Å². The molecule has 0 amide bonds. The van der Waals surface area contributed by atoms with Crippen LogP contribution in [0.4, 0.5) is 13.2 Å². The lowest BCUT2D eigenvalue weighted by Crippen LogP contribution is -2.36. The van der Waals surface area contributed by atoms with Crippen LogP contribution in [0.3, 0.4) is 0 Å².